The van der Waals surface area contributed by atoms with E-state index in [4.69, 9.17) is 0 Å². The first-order valence-corrected chi connectivity index (χ1v) is 4.31. The number of rotatable bonds is 0. The van der Waals surface area contributed by atoms with Crippen molar-refractivity contribution in [3.05, 3.63) is 27.3 Å². The Hall–Kier alpha value is -0.630. The van der Waals surface area contributed by atoms with Crippen LogP contribution in [0.4, 0.5) is 0 Å². The van der Waals surface area contributed by atoms with Crippen LogP contribution in [-0.4, -0.2) is 4.98 Å². The molecule has 0 saturated heterocycles. The van der Waals surface area contributed by atoms with Gasteiger partial charge in [-0.05, 0) is 41.1 Å². The number of pyridine rings is 1. The smallest absolute Gasteiger partial charge is 0.0656 e. The third-order valence-corrected chi connectivity index (χ3v) is 1.93. The number of hydrogen-bond donors (Lipinski definition) is 0. The second-order valence-corrected chi connectivity index (χ2v) is 3.12. The molecule has 0 N–H and O–H groups in total. The van der Waals surface area contributed by atoms with Gasteiger partial charge in [-0.3, -0.25) is 4.98 Å². The molecule has 0 bridgehead atoms. The molecule has 0 atom stereocenters. The van der Waals surface area contributed by atoms with Crippen LogP contribution in [0.1, 0.15) is 13.8 Å². The fraction of sp³-hybridized carbons (Fsp3) is 0.222. The van der Waals surface area contributed by atoms with Crippen molar-refractivity contribution in [1.82, 2.24) is 4.98 Å². The molecule has 11 heavy (non-hydrogen) atoms. The lowest BCUT2D eigenvalue weighted by Crippen LogP contribution is -2.26. The summed E-state index contributed by atoms with van der Waals surface area (Å²) in [4.78, 5) is 4.23. The van der Waals surface area contributed by atoms with Crippen LogP contribution >= 0.6 is 15.9 Å². The van der Waals surface area contributed by atoms with Crippen LogP contribution in [0.15, 0.2) is 16.7 Å². The molecule has 1 rings (SSSR count). The van der Waals surface area contributed by atoms with E-state index in [1.54, 1.807) is 0 Å². The fourth-order valence-electron chi connectivity index (χ4n) is 0.938. The largest absolute Gasteiger partial charge is 0.255 e. The zero-order valence-corrected chi connectivity index (χ0v) is 8.22. The number of hydrogen-bond acceptors (Lipinski definition) is 1. The van der Waals surface area contributed by atoms with Crippen LogP contribution in [0.2, 0.25) is 0 Å². The molecule has 0 unspecified atom stereocenters. The molecule has 0 aliphatic carbocycles. The Balaban J connectivity index is 3.55. The SMILES string of the molecule is C/C=c1/cc(Br)cn/c1=C/C. The zero-order valence-electron chi connectivity index (χ0n) is 6.63. The van der Waals surface area contributed by atoms with Gasteiger partial charge in [0.1, 0.15) is 0 Å². The van der Waals surface area contributed by atoms with Crippen molar-refractivity contribution < 1.29 is 0 Å². The normalized spacial score (nSPS) is 14.1. The molecule has 0 spiro atoms. The van der Waals surface area contributed by atoms with Crippen molar-refractivity contribution in [3.8, 4) is 0 Å². The molecule has 1 aromatic heterocycles. The summed E-state index contributed by atoms with van der Waals surface area (Å²) in [6.07, 6.45) is 5.86. The van der Waals surface area contributed by atoms with E-state index in [2.05, 4.69) is 27.0 Å². The van der Waals surface area contributed by atoms with E-state index in [1.165, 1.54) is 5.22 Å². The standard InChI is InChI=1S/C9H10BrN/c1-3-7-5-8(10)6-11-9(7)4-2/h3-6H,1-2H3/b7-3-,9-4+. The highest BCUT2D eigenvalue weighted by Gasteiger charge is 1.86. The van der Waals surface area contributed by atoms with Gasteiger partial charge in [-0.2, -0.15) is 0 Å². The Bertz CT molecular complexity index is 354. The number of nitrogens with zero attached hydrogens (tertiary/aromatic N) is 1. The van der Waals surface area contributed by atoms with E-state index < -0.39 is 0 Å². The third-order valence-electron chi connectivity index (χ3n) is 1.50. The van der Waals surface area contributed by atoms with E-state index in [1.807, 2.05) is 32.2 Å². The minimum atomic E-state index is 1.02. The average Bonchev–Trinajstić information content (AvgIpc) is 2.04. The molecule has 0 aliphatic heterocycles. The van der Waals surface area contributed by atoms with Gasteiger partial charge in [-0.15, -0.1) is 0 Å². The van der Waals surface area contributed by atoms with E-state index in [9.17, 15) is 0 Å². The summed E-state index contributed by atoms with van der Waals surface area (Å²) in [5.41, 5.74) is 0. The maximum absolute atomic E-state index is 4.23. The highest BCUT2D eigenvalue weighted by atomic mass is 79.9. The predicted octanol–water partition coefficient (Wildman–Crippen LogP) is 1.44. The van der Waals surface area contributed by atoms with Crippen molar-refractivity contribution in [2.45, 2.75) is 13.8 Å². The van der Waals surface area contributed by atoms with E-state index in [-0.39, 0.29) is 0 Å². The Kier molecular flexibility index (Phi) is 2.83. The van der Waals surface area contributed by atoms with E-state index in [0.29, 0.717) is 0 Å². The van der Waals surface area contributed by atoms with Gasteiger partial charge in [0.15, 0.2) is 0 Å². The van der Waals surface area contributed by atoms with Gasteiger partial charge in [0.2, 0.25) is 0 Å². The minimum absolute atomic E-state index is 1.02. The quantitative estimate of drug-likeness (QED) is 0.634. The van der Waals surface area contributed by atoms with Crippen molar-refractivity contribution >= 4 is 28.1 Å². The topological polar surface area (TPSA) is 12.9 Å². The minimum Gasteiger partial charge on any atom is -0.255 e. The summed E-state index contributed by atoms with van der Waals surface area (Å²) in [6, 6.07) is 2.06. The van der Waals surface area contributed by atoms with Crippen molar-refractivity contribution in [2.75, 3.05) is 0 Å². The van der Waals surface area contributed by atoms with Gasteiger partial charge in [-0.1, -0.05) is 12.2 Å². The molecule has 1 heterocycles. The second kappa shape index (κ2) is 3.67. The fourth-order valence-corrected chi connectivity index (χ4v) is 1.29. The highest BCUT2D eigenvalue weighted by molar-refractivity contribution is 9.10. The lowest BCUT2D eigenvalue weighted by atomic mass is 10.3. The molecule has 0 saturated carbocycles. The molecule has 0 aromatic carbocycles. The van der Waals surface area contributed by atoms with Crippen molar-refractivity contribution in [1.29, 1.82) is 0 Å². The molecule has 0 radical (unpaired) electrons. The van der Waals surface area contributed by atoms with Gasteiger partial charge >= 0.3 is 0 Å². The lowest BCUT2D eigenvalue weighted by molar-refractivity contribution is 1.20. The number of halogens is 1. The van der Waals surface area contributed by atoms with Crippen LogP contribution in [-0.2, 0) is 0 Å². The van der Waals surface area contributed by atoms with Gasteiger partial charge in [0, 0.05) is 10.7 Å². The summed E-state index contributed by atoms with van der Waals surface area (Å²) < 4.78 is 1.02. The maximum Gasteiger partial charge on any atom is 0.0656 e. The van der Waals surface area contributed by atoms with Crippen LogP contribution in [0.25, 0.3) is 12.2 Å². The summed E-state index contributed by atoms with van der Waals surface area (Å²) in [5.74, 6) is 0. The van der Waals surface area contributed by atoms with E-state index in [0.717, 1.165) is 9.82 Å². The molecule has 2 heteroatoms. The van der Waals surface area contributed by atoms with Crippen LogP contribution < -0.4 is 10.6 Å². The van der Waals surface area contributed by atoms with Crippen LogP contribution in [0.3, 0.4) is 0 Å². The monoisotopic (exact) mass is 211 g/mol. The second-order valence-electron chi connectivity index (χ2n) is 2.21. The Labute approximate surface area is 74.6 Å². The summed E-state index contributed by atoms with van der Waals surface area (Å²) in [7, 11) is 0. The average molecular weight is 212 g/mol. The number of aromatic nitrogens is 1. The maximum atomic E-state index is 4.23. The predicted molar refractivity (Wildman–Crippen MR) is 51.5 cm³/mol. The molecular weight excluding hydrogens is 202 g/mol. The van der Waals surface area contributed by atoms with Crippen molar-refractivity contribution in [3.63, 3.8) is 0 Å². The molecule has 1 aromatic rings. The lowest BCUT2D eigenvalue weighted by Gasteiger charge is -1.89. The van der Waals surface area contributed by atoms with Gasteiger partial charge in [-0.25, -0.2) is 0 Å². The molecule has 0 aliphatic rings. The third kappa shape index (κ3) is 1.90. The summed E-state index contributed by atoms with van der Waals surface area (Å²) in [6.45, 7) is 4.00. The van der Waals surface area contributed by atoms with Gasteiger partial charge < -0.3 is 0 Å². The first kappa shape index (κ1) is 8.47. The van der Waals surface area contributed by atoms with Crippen molar-refractivity contribution in [2.24, 2.45) is 0 Å². The Morgan fingerprint density at radius 3 is 2.64 bits per heavy atom. The van der Waals surface area contributed by atoms with E-state index >= 15 is 0 Å². The van der Waals surface area contributed by atoms with Gasteiger partial charge in [0.25, 0.3) is 0 Å². The van der Waals surface area contributed by atoms with Crippen LogP contribution in [0.5, 0.6) is 0 Å². The molecule has 58 valence electrons. The highest BCUT2D eigenvalue weighted by Crippen LogP contribution is 1.99. The molecular formula is C9H10BrN. The molecule has 0 fully saturated rings. The molecule has 0 amide bonds. The van der Waals surface area contributed by atoms with Crippen LogP contribution in [0, 0.1) is 0 Å². The molecule has 1 nitrogen and oxygen atoms in total. The zero-order chi connectivity index (χ0) is 8.27. The summed E-state index contributed by atoms with van der Waals surface area (Å²) >= 11 is 3.37. The first-order chi connectivity index (χ1) is 5.27. The summed E-state index contributed by atoms with van der Waals surface area (Å²) in [5, 5.41) is 2.21. The Morgan fingerprint density at radius 1 is 1.36 bits per heavy atom. The Morgan fingerprint density at radius 2 is 2.09 bits per heavy atom. The van der Waals surface area contributed by atoms with Gasteiger partial charge in [0.05, 0.1) is 5.35 Å². The first-order valence-electron chi connectivity index (χ1n) is 3.52.